The molecular weight excluding hydrogens is 406 g/mol. The molecule has 0 bridgehead atoms. The smallest absolute Gasteiger partial charge is 0.408 e. The summed E-state index contributed by atoms with van der Waals surface area (Å²) in [4.78, 5) is 35.6. The Morgan fingerprint density at radius 1 is 0.933 bits per heavy atom. The van der Waals surface area contributed by atoms with E-state index in [0.717, 1.165) is 11.1 Å². The number of rotatable bonds is 7. The normalized spacial score (nSPS) is 10.8. The average Bonchev–Trinajstić information content (AvgIpc) is 2.64. The first kappa shape index (κ1) is 23.2. The second kappa shape index (κ2) is 10.6. The molecule has 0 saturated heterocycles. The average molecular weight is 432 g/mol. The molecule has 8 heteroatoms. The monoisotopic (exact) mass is 431 g/mol. The van der Waals surface area contributed by atoms with E-state index in [1.807, 2.05) is 6.07 Å². The molecule has 0 aliphatic heterocycles. The molecule has 0 aliphatic rings. The first-order valence-corrected chi connectivity index (χ1v) is 9.85. The summed E-state index contributed by atoms with van der Waals surface area (Å²) in [5, 5.41) is 8.52. The van der Waals surface area contributed by atoms with Crippen LogP contribution in [0.15, 0.2) is 48.5 Å². The SMILES string of the molecule is CC(C)(C)OC(=O)NCC(=O)Nc1ccc(CNC(=O)Cc2cccc(Cl)c2)cc1. The van der Waals surface area contributed by atoms with Crippen LogP contribution in [0.2, 0.25) is 5.02 Å². The maximum absolute atomic E-state index is 12.1. The molecule has 0 heterocycles. The summed E-state index contributed by atoms with van der Waals surface area (Å²) in [5.74, 6) is -0.480. The molecule has 3 N–H and O–H groups in total. The molecule has 0 aliphatic carbocycles. The number of nitrogens with one attached hydrogen (secondary N) is 3. The van der Waals surface area contributed by atoms with Crippen LogP contribution in [0.1, 0.15) is 31.9 Å². The van der Waals surface area contributed by atoms with Gasteiger partial charge in [0.25, 0.3) is 0 Å². The Kier molecular flexibility index (Phi) is 8.24. The number of hydrogen-bond acceptors (Lipinski definition) is 4. The lowest BCUT2D eigenvalue weighted by Gasteiger charge is -2.19. The quantitative estimate of drug-likeness (QED) is 0.623. The third-order valence-corrected chi connectivity index (χ3v) is 4.01. The van der Waals surface area contributed by atoms with Gasteiger partial charge in [0.15, 0.2) is 0 Å². The minimum Gasteiger partial charge on any atom is -0.444 e. The van der Waals surface area contributed by atoms with E-state index in [4.69, 9.17) is 16.3 Å². The summed E-state index contributed by atoms with van der Waals surface area (Å²) >= 11 is 5.92. The number of halogens is 1. The molecule has 0 atom stereocenters. The predicted molar refractivity (Wildman–Crippen MR) is 116 cm³/mol. The van der Waals surface area contributed by atoms with Gasteiger partial charge in [-0.1, -0.05) is 35.9 Å². The van der Waals surface area contributed by atoms with Crippen LogP contribution in [0.25, 0.3) is 0 Å². The van der Waals surface area contributed by atoms with Crippen molar-refractivity contribution >= 4 is 35.2 Å². The topological polar surface area (TPSA) is 96.5 Å². The molecule has 0 radical (unpaired) electrons. The Bertz CT molecular complexity index is 892. The van der Waals surface area contributed by atoms with Crippen LogP contribution >= 0.6 is 11.6 Å². The van der Waals surface area contributed by atoms with Crippen LogP contribution in [0, 0.1) is 0 Å². The summed E-state index contributed by atoms with van der Waals surface area (Å²) < 4.78 is 5.07. The summed E-state index contributed by atoms with van der Waals surface area (Å²) in [6.45, 7) is 5.40. The van der Waals surface area contributed by atoms with Gasteiger partial charge in [-0.3, -0.25) is 9.59 Å². The fourth-order valence-electron chi connectivity index (χ4n) is 2.47. The van der Waals surface area contributed by atoms with Crippen molar-refractivity contribution in [1.82, 2.24) is 10.6 Å². The molecule has 2 rings (SSSR count). The van der Waals surface area contributed by atoms with Gasteiger partial charge < -0.3 is 20.7 Å². The van der Waals surface area contributed by atoms with E-state index in [1.54, 1.807) is 63.2 Å². The highest BCUT2D eigenvalue weighted by Gasteiger charge is 2.16. The van der Waals surface area contributed by atoms with Crippen LogP contribution in [0.4, 0.5) is 10.5 Å². The van der Waals surface area contributed by atoms with Gasteiger partial charge in [0.05, 0.1) is 6.42 Å². The highest BCUT2D eigenvalue weighted by atomic mass is 35.5. The van der Waals surface area contributed by atoms with Gasteiger partial charge in [-0.15, -0.1) is 0 Å². The van der Waals surface area contributed by atoms with Gasteiger partial charge >= 0.3 is 6.09 Å². The Morgan fingerprint density at radius 2 is 1.63 bits per heavy atom. The minimum atomic E-state index is -0.651. The molecule has 0 spiro atoms. The number of hydrogen-bond donors (Lipinski definition) is 3. The molecule has 2 aromatic rings. The standard InChI is InChI=1S/C22H26ClN3O4/c1-22(2,3)30-21(29)25-14-20(28)26-18-9-7-15(8-10-18)13-24-19(27)12-16-5-4-6-17(23)11-16/h4-11H,12-14H2,1-3H3,(H,24,27)(H,25,29)(H,26,28). The van der Waals surface area contributed by atoms with E-state index in [9.17, 15) is 14.4 Å². The van der Waals surface area contributed by atoms with Crippen molar-refractivity contribution in [3.63, 3.8) is 0 Å². The predicted octanol–water partition coefficient (Wildman–Crippen LogP) is 3.66. The van der Waals surface area contributed by atoms with Gasteiger partial charge in [0.1, 0.15) is 12.1 Å². The lowest BCUT2D eigenvalue weighted by atomic mass is 10.1. The van der Waals surface area contributed by atoms with Crippen molar-refractivity contribution < 1.29 is 19.1 Å². The summed E-state index contributed by atoms with van der Waals surface area (Å²) in [7, 11) is 0. The Labute approximate surface area is 181 Å². The number of amides is 3. The van der Waals surface area contributed by atoms with E-state index in [-0.39, 0.29) is 24.8 Å². The maximum Gasteiger partial charge on any atom is 0.408 e. The summed E-state index contributed by atoms with van der Waals surface area (Å²) in [5.41, 5.74) is 1.69. The number of carbonyl (C=O) groups excluding carboxylic acids is 3. The molecule has 0 fully saturated rings. The second-order valence-electron chi connectivity index (χ2n) is 7.68. The van der Waals surface area contributed by atoms with Gasteiger partial charge in [0, 0.05) is 17.3 Å². The Morgan fingerprint density at radius 3 is 2.27 bits per heavy atom. The lowest BCUT2D eigenvalue weighted by molar-refractivity contribution is -0.120. The third kappa shape index (κ3) is 8.96. The van der Waals surface area contributed by atoms with E-state index in [2.05, 4.69) is 16.0 Å². The van der Waals surface area contributed by atoms with Crippen LogP contribution in [-0.2, 0) is 27.3 Å². The molecule has 3 amide bonds. The van der Waals surface area contributed by atoms with Crippen molar-refractivity contribution in [3.8, 4) is 0 Å². The zero-order chi connectivity index (χ0) is 22.1. The second-order valence-corrected chi connectivity index (χ2v) is 8.12. The fourth-order valence-corrected chi connectivity index (χ4v) is 2.69. The van der Waals surface area contributed by atoms with Crippen molar-refractivity contribution in [3.05, 3.63) is 64.7 Å². The van der Waals surface area contributed by atoms with Crippen LogP contribution in [-0.4, -0.2) is 30.1 Å². The van der Waals surface area contributed by atoms with Gasteiger partial charge in [0.2, 0.25) is 11.8 Å². The van der Waals surface area contributed by atoms with Gasteiger partial charge in [-0.25, -0.2) is 4.79 Å². The number of ether oxygens (including phenoxy) is 1. The number of benzene rings is 2. The first-order valence-electron chi connectivity index (χ1n) is 9.47. The maximum atomic E-state index is 12.1. The van der Waals surface area contributed by atoms with Crippen LogP contribution in [0.3, 0.4) is 0 Å². The van der Waals surface area contributed by atoms with Gasteiger partial charge in [-0.2, -0.15) is 0 Å². The number of anilines is 1. The highest BCUT2D eigenvalue weighted by molar-refractivity contribution is 6.30. The molecule has 0 aromatic heterocycles. The van der Waals surface area contributed by atoms with E-state index in [1.165, 1.54) is 0 Å². The zero-order valence-electron chi connectivity index (χ0n) is 17.3. The Hall–Kier alpha value is -3.06. The largest absolute Gasteiger partial charge is 0.444 e. The van der Waals surface area contributed by atoms with Gasteiger partial charge in [-0.05, 0) is 56.2 Å². The molecule has 2 aromatic carbocycles. The third-order valence-electron chi connectivity index (χ3n) is 3.77. The molecule has 0 unspecified atom stereocenters. The number of carbonyl (C=O) groups is 3. The fraction of sp³-hybridized carbons (Fsp3) is 0.318. The lowest BCUT2D eigenvalue weighted by Crippen LogP contribution is -2.37. The zero-order valence-corrected chi connectivity index (χ0v) is 18.0. The van der Waals surface area contributed by atoms with Crippen molar-refractivity contribution in [2.75, 3.05) is 11.9 Å². The van der Waals surface area contributed by atoms with E-state index < -0.39 is 11.7 Å². The number of alkyl carbamates (subject to hydrolysis) is 1. The molecular formula is C22H26ClN3O4. The van der Waals surface area contributed by atoms with Crippen molar-refractivity contribution in [2.45, 2.75) is 39.3 Å². The van der Waals surface area contributed by atoms with E-state index in [0.29, 0.717) is 17.3 Å². The van der Waals surface area contributed by atoms with Crippen molar-refractivity contribution in [2.24, 2.45) is 0 Å². The Balaban J connectivity index is 1.74. The van der Waals surface area contributed by atoms with Crippen molar-refractivity contribution in [1.29, 1.82) is 0 Å². The molecule has 0 saturated carbocycles. The molecule has 30 heavy (non-hydrogen) atoms. The summed E-state index contributed by atoms with van der Waals surface area (Å²) in [6, 6.07) is 14.2. The minimum absolute atomic E-state index is 0.108. The van der Waals surface area contributed by atoms with E-state index >= 15 is 0 Å². The summed E-state index contributed by atoms with van der Waals surface area (Å²) in [6.07, 6.45) is -0.402. The first-order chi connectivity index (χ1) is 14.1. The van der Waals surface area contributed by atoms with Crippen LogP contribution < -0.4 is 16.0 Å². The van der Waals surface area contributed by atoms with Crippen LogP contribution in [0.5, 0.6) is 0 Å². The molecule has 160 valence electrons. The molecule has 7 nitrogen and oxygen atoms in total. The highest BCUT2D eigenvalue weighted by Crippen LogP contribution is 2.12.